The van der Waals surface area contributed by atoms with Gasteiger partial charge in [0.15, 0.2) is 0 Å². The fraction of sp³-hybridized carbons (Fsp3) is 0.492. The smallest absolute Gasteiger partial charge is 0.347 e. The maximum absolute atomic E-state index is 13.6. The highest BCUT2D eigenvalue weighted by Gasteiger charge is 2.66. The predicted octanol–water partition coefficient (Wildman–Crippen LogP) is 12.8. The van der Waals surface area contributed by atoms with Crippen molar-refractivity contribution >= 4 is 35.8 Å². The van der Waals surface area contributed by atoms with Gasteiger partial charge in [-0.1, -0.05) is 92.0 Å². The lowest BCUT2D eigenvalue weighted by Crippen LogP contribution is -2.62. The quantitative estimate of drug-likeness (QED) is 0.0811. The second kappa shape index (κ2) is 17.2. The molecule has 4 fully saturated rings. The van der Waals surface area contributed by atoms with Gasteiger partial charge in [-0.15, -0.1) is 0 Å². The maximum atomic E-state index is 13.6. The zero-order chi connectivity index (χ0) is 48.8. The molecular formula is C59H64O10. The van der Waals surface area contributed by atoms with Crippen molar-refractivity contribution in [3.8, 4) is 11.5 Å². The van der Waals surface area contributed by atoms with Gasteiger partial charge in [-0.05, 0) is 181 Å². The van der Waals surface area contributed by atoms with Gasteiger partial charge < -0.3 is 18.9 Å². The lowest BCUT2D eigenvalue weighted by molar-refractivity contribution is -0.165. The van der Waals surface area contributed by atoms with E-state index in [1.54, 1.807) is 0 Å². The summed E-state index contributed by atoms with van der Waals surface area (Å²) in [6, 6.07) is 24.0. The van der Waals surface area contributed by atoms with E-state index in [-0.39, 0.29) is 44.4 Å². The van der Waals surface area contributed by atoms with Crippen LogP contribution < -0.4 is 9.47 Å². The number of rotatable bonds is 11. The first-order valence-corrected chi connectivity index (χ1v) is 25.3. The maximum Gasteiger partial charge on any atom is 0.347 e. The predicted molar refractivity (Wildman–Crippen MR) is 258 cm³/mol. The van der Waals surface area contributed by atoms with Crippen LogP contribution in [0.15, 0.2) is 84.9 Å². The van der Waals surface area contributed by atoms with Crippen LogP contribution in [0.25, 0.3) is 0 Å². The SMILES string of the molecule is CC(C)CCCC(C)C1CCC2C3CCC4C(C)(CCC(c5ccc(OC(=O)c6ccc7c(c6)C(=O)OC7=O)cc5)(c5ccc(C(=O)Oc6ccc7c(c6)C(=O)OC7=O)cc5)C4(C)C)C3CCC12C. The zero-order valence-corrected chi connectivity index (χ0v) is 41.0. The molecular weight excluding hydrogens is 869 g/mol. The summed E-state index contributed by atoms with van der Waals surface area (Å²) in [6.07, 6.45) is 13.6. The molecule has 4 saturated carbocycles. The van der Waals surface area contributed by atoms with E-state index in [2.05, 4.69) is 72.7 Å². The van der Waals surface area contributed by atoms with Gasteiger partial charge in [-0.25, -0.2) is 28.8 Å². The Hall–Kier alpha value is -5.90. The van der Waals surface area contributed by atoms with Gasteiger partial charge in [0.05, 0.1) is 33.4 Å². The average molecular weight is 933 g/mol. The highest BCUT2D eigenvalue weighted by molar-refractivity contribution is 6.16. The molecule has 0 N–H and O–H groups in total. The molecule has 9 atom stereocenters. The minimum atomic E-state index is -0.790. The summed E-state index contributed by atoms with van der Waals surface area (Å²) in [4.78, 5) is 75.6. The summed E-state index contributed by atoms with van der Waals surface area (Å²) in [5.41, 5.74) is 2.78. The number of carbonyl (C=O) groups excluding carboxylic acids is 6. The molecule has 0 radical (unpaired) electrons. The largest absolute Gasteiger partial charge is 0.423 e. The van der Waals surface area contributed by atoms with Gasteiger partial charge >= 0.3 is 35.8 Å². The molecule has 2 heterocycles. The molecule has 360 valence electrons. The van der Waals surface area contributed by atoms with Crippen LogP contribution in [-0.4, -0.2) is 35.8 Å². The van der Waals surface area contributed by atoms with Gasteiger partial charge in [-0.3, -0.25) is 0 Å². The number of benzene rings is 4. The van der Waals surface area contributed by atoms with Crippen molar-refractivity contribution in [2.75, 3.05) is 0 Å². The first-order chi connectivity index (χ1) is 32.8. The molecule has 9 unspecified atom stereocenters. The number of hydrogen-bond acceptors (Lipinski definition) is 10. The molecule has 4 aromatic carbocycles. The minimum Gasteiger partial charge on any atom is -0.423 e. The van der Waals surface area contributed by atoms with Crippen molar-refractivity contribution in [1.82, 2.24) is 0 Å². The van der Waals surface area contributed by atoms with Crippen LogP contribution in [0.4, 0.5) is 0 Å². The summed E-state index contributed by atoms with van der Waals surface area (Å²) in [5, 5.41) is 0. The Kier molecular flexibility index (Phi) is 11.7. The minimum absolute atomic E-state index is 0.0379. The molecule has 10 rings (SSSR count). The molecule has 10 nitrogen and oxygen atoms in total. The average Bonchev–Trinajstić information content (AvgIpc) is 3.93. The lowest BCUT2D eigenvalue weighted by atomic mass is 9.36. The molecule has 2 aliphatic heterocycles. The molecule has 0 bridgehead atoms. The normalized spacial score (nSPS) is 30.1. The van der Waals surface area contributed by atoms with Crippen LogP contribution >= 0.6 is 0 Å². The summed E-state index contributed by atoms with van der Waals surface area (Å²) in [7, 11) is 0. The third-order valence-electron chi connectivity index (χ3n) is 19.0. The molecule has 4 aromatic rings. The second-order valence-electron chi connectivity index (χ2n) is 22.9. The number of esters is 6. The monoisotopic (exact) mass is 932 g/mol. The number of hydrogen-bond donors (Lipinski definition) is 0. The van der Waals surface area contributed by atoms with Crippen molar-refractivity contribution < 1.29 is 47.7 Å². The van der Waals surface area contributed by atoms with Crippen LogP contribution in [0.3, 0.4) is 0 Å². The van der Waals surface area contributed by atoms with E-state index in [0.29, 0.717) is 28.6 Å². The van der Waals surface area contributed by atoms with Gasteiger partial charge in [0, 0.05) is 5.41 Å². The lowest BCUT2D eigenvalue weighted by Gasteiger charge is -2.68. The fourth-order valence-electron chi connectivity index (χ4n) is 15.7. The highest BCUT2D eigenvalue weighted by atomic mass is 16.6. The van der Waals surface area contributed by atoms with Crippen LogP contribution in [0.1, 0.15) is 192 Å². The number of carbonyl (C=O) groups is 6. The molecule has 0 aromatic heterocycles. The summed E-state index contributed by atoms with van der Waals surface area (Å²) in [6.45, 7) is 17.4. The number of fused-ring (bicyclic) bond motifs is 7. The van der Waals surface area contributed by atoms with Gasteiger partial charge in [0.25, 0.3) is 0 Å². The molecule has 69 heavy (non-hydrogen) atoms. The fourth-order valence-corrected chi connectivity index (χ4v) is 15.7. The van der Waals surface area contributed by atoms with Crippen molar-refractivity contribution in [1.29, 1.82) is 0 Å². The third kappa shape index (κ3) is 7.57. The Morgan fingerprint density at radius 2 is 1.12 bits per heavy atom. The van der Waals surface area contributed by atoms with E-state index in [1.807, 2.05) is 24.3 Å². The summed E-state index contributed by atoms with van der Waals surface area (Å²) >= 11 is 0. The van der Waals surface area contributed by atoms with Crippen LogP contribution in [0.5, 0.6) is 11.5 Å². The third-order valence-corrected chi connectivity index (χ3v) is 19.0. The van der Waals surface area contributed by atoms with Crippen LogP contribution in [0.2, 0.25) is 0 Å². The number of cyclic esters (lactones) is 4. The van der Waals surface area contributed by atoms with Gasteiger partial charge in [0.1, 0.15) is 11.5 Å². The van der Waals surface area contributed by atoms with E-state index in [0.717, 1.165) is 60.0 Å². The first-order valence-electron chi connectivity index (χ1n) is 25.3. The molecule has 0 amide bonds. The van der Waals surface area contributed by atoms with Crippen molar-refractivity contribution in [2.24, 2.45) is 57.7 Å². The van der Waals surface area contributed by atoms with Crippen LogP contribution in [0, 0.1) is 57.7 Å². The van der Waals surface area contributed by atoms with E-state index < -0.39 is 41.2 Å². The first kappa shape index (κ1) is 46.8. The molecule has 4 aliphatic carbocycles. The van der Waals surface area contributed by atoms with Crippen molar-refractivity contribution in [3.05, 3.63) is 129 Å². The van der Waals surface area contributed by atoms with E-state index in [4.69, 9.17) is 18.9 Å². The van der Waals surface area contributed by atoms with Gasteiger partial charge in [0.2, 0.25) is 0 Å². The molecule has 6 aliphatic rings. The summed E-state index contributed by atoms with van der Waals surface area (Å²) < 4.78 is 21.0. The highest BCUT2D eigenvalue weighted by Crippen LogP contribution is 2.73. The van der Waals surface area contributed by atoms with Crippen molar-refractivity contribution in [2.45, 2.75) is 125 Å². The van der Waals surface area contributed by atoms with Crippen molar-refractivity contribution in [3.63, 3.8) is 0 Å². The Balaban J connectivity index is 0.945. The van der Waals surface area contributed by atoms with E-state index in [1.165, 1.54) is 87.8 Å². The molecule has 10 heteroatoms. The Morgan fingerprint density at radius 1 is 0.565 bits per heavy atom. The van der Waals surface area contributed by atoms with Gasteiger partial charge in [-0.2, -0.15) is 0 Å². The Bertz CT molecular complexity index is 2770. The van der Waals surface area contributed by atoms with E-state index >= 15 is 0 Å². The second-order valence-corrected chi connectivity index (χ2v) is 22.9. The Labute approximate surface area is 405 Å². The zero-order valence-electron chi connectivity index (χ0n) is 41.0. The van der Waals surface area contributed by atoms with Crippen LogP contribution in [-0.2, 0) is 14.9 Å². The molecule has 0 spiro atoms. The summed E-state index contributed by atoms with van der Waals surface area (Å²) in [5.74, 6) is 1.07. The Morgan fingerprint density at radius 3 is 1.78 bits per heavy atom. The van der Waals surface area contributed by atoms with E-state index in [9.17, 15) is 28.8 Å². The topological polar surface area (TPSA) is 139 Å². The number of ether oxygens (including phenoxy) is 4. The molecule has 0 saturated heterocycles. The standard InChI is InChI=1S/C59H64O10/c1-33(2)9-8-10-34(3)46-24-25-47-43-23-26-49-56(4,5)59(30-29-58(49,7)48(43)27-28-57(46,47)6,37-14-11-35(12-15-37)50(60)67-40-20-22-42-45(32-40)55(65)69-53(42)63)38-16-18-39(19-17-38)66-51(61)36-13-21-41-44(31-36)54(64)68-52(41)62/h11-22,31-34,43,46-49H,8-10,23-30H2,1-7H3.